The van der Waals surface area contributed by atoms with Gasteiger partial charge in [-0.1, -0.05) is 164 Å². The summed E-state index contributed by atoms with van der Waals surface area (Å²) in [5, 5.41) is 1.25. The third kappa shape index (κ3) is 3.87. The van der Waals surface area contributed by atoms with Crippen molar-refractivity contribution in [1.82, 2.24) is 9.55 Å². The maximum atomic E-state index is 5.24. The molecular formula is C44H30N2. The van der Waals surface area contributed by atoms with E-state index >= 15 is 0 Å². The summed E-state index contributed by atoms with van der Waals surface area (Å²) < 4.78 is 2.52. The van der Waals surface area contributed by atoms with Crippen LogP contribution in [-0.4, -0.2) is 9.55 Å². The van der Waals surface area contributed by atoms with Crippen LogP contribution in [0.4, 0.5) is 0 Å². The molecule has 6 aromatic carbocycles. The van der Waals surface area contributed by atoms with E-state index in [1.165, 1.54) is 44.4 Å². The van der Waals surface area contributed by atoms with E-state index in [0.29, 0.717) is 0 Å². The number of rotatable bonds is 5. The van der Waals surface area contributed by atoms with Gasteiger partial charge in [0.25, 0.3) is 0 Å². The molecule has 0 atom stereocenters. The highest BCUT2D eigenvalue weighted by molar-refractivity contribution is 6.05. The van der Waals surface area contributed by atoms with Crippen LogP contribution in [0, 0.1) is 0 Å². The number of fused-ring (bicyclic) bond motifs is 5. The van der Waals surface area contributed by atoms with Crippen molar-refractivity contribution in [2.45, 2.75) is 5.41 Å². The fourth-order valence-corrected chi connectivity index (χ4v) is 7.58. The summed E-state index contributed by atoms with van der Waals surface area (Å²) in [7, 11) is 0. The SMILES string of the molecule is c1ccc(-c2cc(-n3c4c(c5ccccc53)-c3ccccc3C4(c3ccccc3)c3ccccc3)cc(-c3ccccc3)n2)cc1. The van der Waals surface area contributed by atoms with Crippen LogP contribution < -0.4 is 0 Å². The molecule has 0 saturated carbocycles. The summed E-state index contributed by atoms with van der Waals surface area (Å²) in [6, 6.07) is 65.5. The van der Waals surface area contributed by atoms with Crippen molar-refractivity contribution in [3.8, 4) is 39.3 Å². The van der Waals surface area contributed by atoms with Gasteiger partial charge in [0, 0.05) is 22.1 Å². The van der Waals surface area contributed by atoms with Crippen molar-refractivity contribution < 1.29 is 0 Å². The van der Waals surface area contributed by atoms with Gasteiger partial charge >= 0.3 is 0 Å². The standard InChI is InChI=1S/C44H30N2/c1-5-17-31(18-6-1)39-29-35(30-40(45-39)32-19-7-2-8-20-32)46-41-28-16-14-26-37(41)42-36-25-13-15-27-38(36)44(43(42)46,33-21-9-3-10-22-33)34-23-11-4-12-24-34/h1-30H. The van der Waals surface area contributed by atoms with Crippen LogP contribution >= 0.6 is 0 Å². The number of para-hydroxylation sites is 1. The smallest absolute Gasteiger partial charge is 0.0870 e. The van der Waals surface area contributed by atoms with Gasteiger partial charge in [-0.05, 0) is 40.5 Å². The fourth-order valence-electron chi connectivity index (χ4n) is 7.58. The van der Waals surface area contributed by atoms with Crippen molar-refractivity contribution in [3.63, 3.8) is 0 Å². The van der Waals surface area contributed by atoms with Gasteiger partial charge < -0.3 is 4.57 Å². The zero-order chi connectivity index (χ0) is 30.5. The van der Waals surface area contributed by atoms with Crippen molar-refractivity contribution in [2.24, 2.45) is 0 Å². The summed E-state index contributed by atoms with van der Waals surface area (Å²) in [4.78, 5) is 5.24. The van der Waals surface area contributed by atoms with E-state index in [1.54, 1.807) is 0 Å². The first-order chi connectivity index (χ1) is 22.8. The molecule has 0 aliphatic heterocycles. The lowest BCUT2D eigenvalue weighted by atomic mass is 9.69. The molecule has 0 spiro atoms. The number of nitrogens with zero attached hydrogens (tertiary/aromatic N) is 2. The predicted octanol–water partition coefficient (Wildman–Crippen LogP) is 10.7. The lowest BCUT2D eigenvalue weighted by Crippen LogP contribution is -2.31. The van der Waals surface area contributed by atoms with Crippen molar-refractivity contribution >= 4 is 10.9 Å². The van der Waals surface area contributed by atoms with Crippen LogP contribution in [0.25, 0.3) is 50.2 Å². The van der Waals surface area contributed by atoms with Crippen molar-refractivity contribution in [1.29, 1.82) is 0 Å². The molecule has 0 unspecified atom stereocenters. The number of hydrogen-bond donors (Lipinski definition) is 0. The Bertz CT molecular complexity index is 2240. The largest absolute Gasteiger partial charge is 0.311 e. The van der Waals surface area contributed by atoms with E-state index in [2.05, 4.69) is 187 Å². The summed E-state index contributed by atoms with van der Waals surface area (Å²) in [5.41, 5.74) is 13.4. The second-order valence-corrected chi connectivity index (χ2v) is 11.9. The minimum atomic E-state index is -0.545. The van der Waals surface area contributed by atoms with Crippen molar-refractivity contribution in [2.75, 3.05) is 0 Å². The van der Waals surface area contributed by atoms with Gasteiger partial charge in [0.15, 0.2) is 0 Å². The Morgan fingerprint density at radius 3 is 1.52 bits per heavy atom. The molecule has 46 heavy (non-hydrogen) atoms. The minimum Gasteiger partial charge on any atom is -0.311 e. The van der Waals surface area contributed by atoms with E-state index in [1.807, 2.05) is 0 Å². The molecule has 0 bridgehead atoms. The average molecular weight is 587 g/mol. The van der Waals surface area contributed by atoms with E-state index in [0.717, 1.165) is 28.2 Å². The van der Waals surface area contributed by atoms with Gasteiger partial charge in [-0.15, -0.1) is 0 Å². The Balaban J connectivity index is 1.47. The molecule has 2 aromatic heterocycles. The monoisotopic (exact) mass is 586 g/mol. The molecule has 2 nitrogen and oxygen atoms in total. The molecule has 8 aromatic rings. The third-order valence-electron chi connectivity index (χ3n) is 9.45. The lowest BCUT2D eigenvalue weighted by molar-refractivity contribution is 0.718. The predicted molar refractivity (Wildman–Crippen MR) is 189 cm³/mol. The normalized spacial score (nSPS) is 13.0. The second kappa shape index (κ2) is 10.6. The number of pyridine rings is 1. The molecule has 0 saturated heterocycles. The maximum absolute atomic E-state index is 5.24. The second-order valence-electron chi connectivity index (χ2n) is 11.9. The molecular weight excluding hydrogens is 556 g/mol. The summed E-state index contributed by atoms with van der Waals surface area (Å²) in [6.07, 6.45) is 0. The Kier molecular flexibility index (Phi) is 6.07. The van der Waals surface area contributed by atoms with Crippen LogP contribution in [0.3, 0.4) is 0 Å². The summed E-state index contributed by atoms with van der Waals surface area (Å²) >= 11 is 0. The van der Waals surface area contributed by atoms with E-state index in [4.69, 9.17) is 4.98 Å². The first-order valence-corrected chi connectivity index (χ1v) is 15.8. The lowest BCUT2D eigenvalue weighted by Gasteiger charge is -2.35. The van der Waals surface area contributed by atoms with Gasteiger partial charge in [0.1, 0.15) is 0 Å². The highest BCUT2D eigenvalue weighted by Crippen LogP contribution is 2.59. The van der Waals surface area contributed by atoms with Crippen LogP contribution in [0.2, 0.25) is 0 Å². The van der Waals surface area contributed by atoms with Gasteiger partial charge in [0.2, 0.25) is 0 Å². The van der Waals surface area contributed by atoms with E-state index in [-0.39, 0.29) is 0 Å². The number of aromatic nitrogens is 2. The first-order valence-electron chi connectivity index (χ1n) is 15.8. The first kappa shape index (κ1) is 26.4. The molecule has 1 aliphatic rings. The highest BCUT2D eigenvalue weighted by Gasteiger charge is 2.49. The molecule has 1 aliphatic carbocycles. The van der Waals surface area contributed by atoms with Gasteiger partial charge in [-0.3, -0.25) is 0 Å². The molecule has 0 amide bonds. The maximum Gasteiger partial charge on any atom is 0.0870 e. The molecule has 0 radical (unpaired) electrons. The Hall–Kier alpha value is -5.99. The van der Waals surface area contributed by atoms with Crippen LogP contribution in [-0.2, 0) is 5.41 Å². The average Bonchev–Trinajstić information content (AvgIpc) is 3.64. The molecule has 0 fully saturated rings. The van der Waals surface area contributed by atoms with Gasteiger partial charge in [-0.2, -0.15) is 0 Å². The molecule has 2 heteroatoms. The van der Waals surface area contributed by atoms with Gasteiger partial charge in [-0.25, -0.2) is 4.98 Å². The zero-order valence-corrected chi connectivity index (χ0v) is 25.2. The van der Waals surface area contributed by atoms with E-state index in [9.17, 15) is 0 Å². The topological polar surface area (TPSA) is 17.8 Å². The minimum absolute atomic E-state index is 0.545. The molecule has 2 heterocycles. The molecule has 9 rings (SSSR count). The summed E-state index contributed by atoms with van der Waals surface area (Å²) in [6.45, 7) is 0. The quantitative estimate of drug-likeness (QED) is 0.196. The van der Waals surface area contributed by atoms with E-state index < -0.39 is 5.41 Å². The van der Waals surface area contributed by atoms with Crippen LogP contribution in [0.5, 0.6) is 0 Å². The number of hydrogen-bond acceptors (Lipinski definition) is 1. The highest BCUT2D eigenvalue weighted by atomic mass is 15.0. The Morgan fingerprint density at radius 2 is 0.935 bits per heavy atom. The Labute approximate surface area is 268 Å². The number of benzene rings is 6. The van der Waals surface area contributed by atoms with Crippen molar-refractivity contribution in [3.05, 3.63) is 204 Å². The third-order valence-corrected chi connectivity index (χ3v) is 9.45. The summed E-state index contributed by atoms with van der Waals surface area (Å²) in [5.74, 6) is 0. The fraction of sp³-hybridized carbons (Fsp3) is 0.0227. The molecule has 0 N–H and O–H groups in total. The van der Waals surface area contributed by atoms with Crippen LogP contribution in [0.1, 0.15) is 22.4 Å². The zero-order valence-electron chi connectivity index (χ0n) is 25.2. The molecule has 216 valence electrons. The Morgan fingerprint density at radius 1 is 0.457 bits per heavy atom. The van der Waals surface area contributed by atoms with Crippen LogP contribution in [0.15, 0.2) is 182 Å². The van der Waals surface area contributed by atoms with Gasteiger partial charge in [0.05, 0.1) is 33.7 Å².